The van der Waals surface area contributed by atoms with E-state index in [0.29, 0.717) is 0 Å². The minimum Gasteiger partial charge on any atom is -0.322 e. The Kier molecular flexibility index (Phi) is 5.37. The Balaban J connectivity index is 5.11. The van der Waals surface area contributed by atoms with Gasteiger partial charge >= 0.3 is 7.60 Å². The summed E-state index contributed by atoms with van der Waals surface area (Å²) >= 11 is 15.6. The van der Waals surface area contributed by atoms with Crippen molar-refractivity contribution >= 4 is 52.5 Å². The van der Waals surface area contributed by atoms with Crippen molar-refractivity contribution in [3.63, 3.8) is 0 Å². The van der Waals surface area contributed by atoms with E-state index >= 15 is 0 Å². The molecule has 15 heavy (non-hydrogen) atoms. The number of alkyl halides is 3. The second kappa shape index (κ2) is 5.06. The molecule has 0 saturated heterocycles. The molecule has 0 heterocycles. The van der Waals surface area contributed by atoms with Crippen LogP contribution in [-0.4, -0.2) is 33.6 Å². The molecule has 0 aromatic heterocycles. The third-order valence-electron chi connectivity index (χ3n) is 1.18. The second-order valence-electron chi connectivity index (χ2n) is 2.43. The maximum atomic E-state index is 11.0. The minimum atomic E-state index is -5.00. The molecule has 92 valence electrons. The molecule has 0 aliphatic carbocycles. The van der Waals surface area contributed by atoms with E-state index in [-0.39, 0.29) is 0 Å². The van der Waals surface area contributed by atoms with Gasteiger partial charge in [-0.25, -0.2) is 4.18 Å². The molecular formula is C4H8Cl3O6PS. The van der Waals surface area contributed by atoms with Gasteiger partial charge in [0.05, 0.1) is 5.75 Å². The summed E-state index contributed by atoms with van der Waals surface area (Å²) in [5.74, 6) is -2.84. The van der Waals surface area contributed by atoms with Crippen molar-refractivity contribution in [3.05, 3.63) is 0 Å². The summed E-state index contributed by atoms with van der Waals surface area (Å²) in [7, 11) is -9.13. The molecular weight excluding hydrogens is 313 g/mol. The summed E-state index contributed by atoms with van der Waals surface area (Å²) in [6.07, 6.45) is 0. The van der Waals surface area contributed by atoms with Crippen molar-refractivity contribution in [3.8, 4) is 0 Å². The SMILES string of the molecule is CCS(=O)(=O)O[C@H](C(Cl)(Cl)Cl)P(=O)(O)O. The van der Waals surface area contributed by atoms with E-state index in [1.165, 1.54) is 6.92 Å². The van der Waals surface area contributed by atoms with E-state index < -0.39 is 33.1 Å². The van der Waals surface area contributed by atoms with Gasteiger partial charge in [-0.15, -0.1) is 0 Å². The van der Waals surface area contributed by atoms with Crippen LogP contribution >= 0.6 is 42.4 Å². The topological polar surface area (TPSA) is 101 Å². The molecule has 0 radical (unpaired) electrons. The highest BCUT2D eigenvalue weighted by Crippen LogP contribution is 2.53. The first-order chi connectivity index (χ1) is 6.40. The highest BCUT2D eigenvalue weighted by molar-refractivity contribution is 7.86. The third-order valence-corrected chi connectivity index (χ3v) is 4.67. The van der Waals surface area contributed by atoms with Crippen LogP contribution in [0.15, 0.2) is 0 Å². The van der Waals surface area contributed by atoms with Crippen LogP contribution in [0.2, 0.25) is 0 Å². The quantitative estimate of drug-likeness (QED) is 0.459. The monoisotopic (exact) mass is 320 g/mol. The van der Waals surface area contributed by atoms with Crippen molar-refractivity contribution in [2.75, 3.05) is 5.75 Å². The van der Waals surface area contributed by atoms with E-state index in [1.54, 1.807) is 0 Å². The van der Waals surface area contributed by atoms with Crippen LogP contribution in [0.5, 0.6) is 0 Å². The van der Waals surface area contributed by atoms with E-state index in [0.717, 1.165) is 0 Å². The molecule has 11 heteroatoms. The zero-order valence-electron chi connectivity index (χ0n) is 7.30. The van der Waals surface area contributed by atoms with Gasteiger partial charge in [0.2, 0.25) is 9.64 Å². The Morgan fingerprint density at radius 3 is 2.00 bits per heavy atom. The van der Waals surface area contributed by atoms with Crippen molar-refractivity contribution in [1.29, 1.82) is 0 Å². The van der Waals surface area contributed by atoms with Crippen LogP contribution in [0.4, 0.5) is 0 Å². The summed E-state index contributed by atoms with van der Waals surface area (Å²) in [6, 6.07) is 0. The zero-order valence-corrected chi connectivity index (χ0v) is 11.3. The predicted octanol–water partition coefficient (Wildman–Crippen LogP) is 1.23. The summed E-state index contributed by atoms with van der Waals surface area (Å²) < 4.78 is 34.3. The van der Waals surface area contributed by atoms with E-state index in [4.69, 9.17) is 44.6 Å². The van der Waals surface area contributed by atoms with Gasteiger partial charge in [0.1, 0.15) is 0 Å². The van der Waals surface area contributed by atoms with Crippen molar-refractivity contribution in [1.82, 2.24) is 0 Å². The molecule has 0 aliphatic heterocycles. The standard InChI is InChI=1S/C4H8Cl3O6PS/c1-2-15(11,12)13-3(4(5,6)7)14(8,9)10/h3H,2H2,1H3,(H2,8,9,10)/t3-/m0/s1. The van der Waals surface area contributed by atoms with Crippen molar-refractivity contribution in [2.45, 2.75) is 16.6 Å². The fourth-order valence-corrected chi connectivity index (χ4v) is 3.73. The first-order valence-electron chi connectivity index (χ1n) is 3.43. The molecule has 0 bridgehead atoms. The van der Waals surface area contributed by atoms with Crippen LogP contribution in [0, 0.1) is 0 Å². The van der Waals surface area contributed by atoms with Crippen LogP contribution in [0.25, 0.3) is 0 Å². The van der Waals surface area contributed by atoms with Crippen LogP contribution < -0.4 is 0 Å². The first kappa shape index (κ1) is 15.9. The van der Waals surface area contributed by atoms with Gasteiger partial charge in [-0.05, 0) is 6.92 Å². The molecule has 6 nitrogen and oxygen atoms in total. The molecule has 0 fully saturated rings. The van der Waals surface area contributed by atoms with E-state index in [2.05, 4.69) is 4.18 Å². The lowest BCUT2D eigenvalue weighted by Gasteiger charge is -2.24. The molecule has 0 aliphatic rings. The molecule has 0 aromatic carbocycles. The van der Waals surface area contributed by atoms with Crippen molar-refractivity contribution in [2.24, 2.45) is 0 Å². The Hall–Kier alpha value is 0.930. The molecule has 0 rings (SSSR count). The molecule has 0 amide bonds. The molecule has 0 unspecified atom stereocenters. The molecule has 1 atom stereocenters. The normalized spacial score (nSPS) is 16.4. The highest BCUT2D eigenvalue weighted by atomic mass is 35.6. The van der Waals surface area contributed by atoms with Crippen LogP contribution in [0.3, 0.4) is 0 Å². The number of hydrogen-bond acceptors (Lipinski definition) is 4. The smallest absolute Gasteiger partial charge is 0.322 e. The third kappa shape index (κ3) is 5.70. The van der Waals surface area contributed by atoms with Gasteiger partial charge in [-0.3, -0.25) is 4.57 Å². The number of hydrogen-bond donors (Lipinski definition) is 2. The highest BCUT2D eigenvalue weighted by Gasteiger charge is 2.48. The molecule has 2 N–H and O–H groups in total. The Labute approximate surface area is 102 Å². The maximum absolute atomic E-state index is 11.0. The lowest BCUT2D eigenvalue weighted by atomic mass is 10.8. The Morgan fingerprint density at radius 1 is 1.40 bits per heavy atom. The van der Waals surface area contributed by atoms with Crippen LogP contribution in [0.1, 0.15) is 6.92 Å². The first-order valence-corrected chi connectivity index (χ1v) is 7.82. The van der Waals surface area contributed by atoms with Gasteiger partial charge in [0, 0.05) is 0 Å². The van der Waals surface area contributed by atoms with Gasteiger partial charge in [0.15, 0.2) is 0 Å². The summed E-state index contributed by atoms with van der Waals surface area (Å²) in [4.78, 5) is 17.5. The van der Waals surface area contributed by atoms with Gasteiger partial charge in [-0.1, -0.05) is 34.8 Å². The van der Waals surface area contributed by atoms with Gasteiger partial charge in [-0.2, -0.15) is 8.42 Å². The number of rotatable bonds is 4. The number of halogens is 3. The van der Waals surface area contributed by atoms with Gasteiger partial charge < -0.3 is 9.79 Å². The summed E-state index contributed by atoms with van der Waals surface area (Å²) in [6.45, 7) is 1.21. The predicted molar refractivity (Wildman–Crippen MR) is 56.7 cm³/mol. The Morgan fingerprint density at radius 2 is 1.80 bits per heavy atom. The van der Waals surface area contributed by atoms with Crippen LogP contribution in [-0.2, 0) is 18.9 Å². The minimum absolute atomic E-state index is 0.496. The average molecular weight is 322 g/mol. The largest absolute Gasteiger partial charge is 0.360 e. The second-order valence-corrected chi connectivity index (χ2v) is 8.33. The fraction of sp³-hybridized carbons (Fsp3) is 1.00. The van der Waals surface area contributed by atoms with E-state index in [1.807, 2.05) is 0 Å². The zero-order chi connectivity index (χ0) is 12.5. The lowest BCUT2D eigenvalue weighted by Crippen LogP contribution is -2.31. The van der Waals surface area contributed by atoms with Gasteiger partial charge in [0.25, 0.3) is 10.1 Å². The lowest BCUT2D eigenvalue weighted by molar-refractivity contribution is 0.231. The molecule has 0 spiro atoms. The van der Waals surface area contributed by atoms with Crippen molar-refractivity contribution < 1.29 is 27.0 Å². The average Bonchev–Trinajstić information content (AvgIpc) is 1.96. The Bertz CT molecular complexity index is 355. The molecule has 0 saturated carbocycles. The summed E-state index contributed by atoms with van der Waals surface area (Å²) in [5.41, 5.74) is 0. The fourth-order valence-electron chi connectivity index (χ4n) is 0.508. The summed E-state index contributed by atoms with van der Waals surface area (Å²) in [5, 5.41) is 0. The maximum Gasteiger partial charge on any atom is 0.360 e. The molecule has 0 aromatic rings. The van der Waals surface area contributed by atoms with E-state index in [9.17, 15) is 13.0 Å².